The van der Waals surface area contributed by atoms with E-state index in [1.54, 1.807) is 11.3 Å². The quantitative estimate of drug-likeness (QED) is 0.717. The monoisotopic (exact) mass is 263 g/mol. The van der Waals surface area contributed by atoms with Gasteiger partial charge in [0.1, 0.15) is 5.82 Å². The average Bonchev–Trinajstić information content (AvgIpc) is 2.87. The van der Waals surface area contributed by atoms with E-state index in [1.165, 1.54) is 16.4 Å². The molecule has 7 heteroatoms. The Morgan fingerprint density at radius 1 is 1.29 bits per heavy atom. The minimum absolute atomic E-state index is 0.654. The number of fused-ring (bicyclic) bond motifs is 1. The van der Waals surface area contributed by atoms with Gasteiger partial charge < -0.3 is 5.84 Å². The lowest BCUT2D eigenvalue weighted by Gasteiger charge is -1.96. The van der Waals surface area contributed by atoms with Crippen molar-refractivity contribution in [1.29, 1.82) is 0 Å². The SMILES string of the molecule is Cc1nnc(Sc2nc3ccccc3s2)n1N. The predicted molar refractivity (Wildman–Crippen MR) is 68.7 cm³/mol. The smallest absolute Gasteiger partial charge is 0.216 e. The van der Waals surface area contributed by atoms with E-state index in [-0.39, 0.29) is 0 Å². The van der Waals surface area contributed by atoms with Gasteiger partial charge in [0.25, 0.3) is 0 Å². The molecule has 0 atom stereocenters. The number of hydrogen-bond acceptors (Lipinski definition) is 6. The molecule has 3 rings (SSSR count). The normalized spacial score (nSPS) is 11.1. The summed E-state index contributed by atoms with van der Waals surface area (Å²) in [6, 6.07) is 8.03. The average molecular weight is 263 g/mol. The highest BCUT2D eigenvalue weighted by atomic mass is 32.2. The molecule has 0 saturated heterocycles. The van der Waals surface area contributed by atoms with E-state index in [9.17, 15) is 0 Å². The predicted octanol–water partition coefficient (Wildman–Crippen LogP) is 2.06. The molecule has 2 heterocycles. The van der Waals surface area contributed by atoms with E-state index >= 15 is 0 Å². The summed E-state index contributed by atoms with van der Waals surface area (Å²) in [5, 5.41) is 8.56. The minimum Gasteiger partial charge on any atom is -0.336 e. The Balaban J connectivity index is 1.97. The zero-order chi connectivity index (χ0) is 11.8. The molecule has 0 fully saturated rings. The first-order chi connectivity index (χ1) is 8.24. The van der Waals surface area contributed by atoms with Gasteiger partial charge in [0.15, 0.2) is 4.34 Å². The number of aromatic nitrogens is 4. The maximum absolute atomic E-state index is 5.79. The van der Waals surface area contributed by atoms with Crippen molar-refractivity contribution >= 4 is 33.3 Å². The van der Waals surface area contributed by atoms with Gasteiger partial charge >= 0.3 is 0 Å². The van der Waals surface area contributed by atoms with Crippen molar-refractivity contribution in [3.63, 3.8) is 0 Å². The van der Waals surface area contributed by atoms with Crippen LogP contribution in [0.5, 0.6) is 0 Å². The summed E-state index contributed by atoms with van der Waals surface area (Å²) < 4.78 is 3.55. The number of rotatable bonds is 2. The van der Waals surface area contributed by atoms with Crippen LogP contribution < -0.4 is 5.84 Å². The van der Waals surface area contributed by atoms with Crippen LogP contribution in [0.3, 0.4) is 0 Å². The molecule has 2 N–H and O–H groups in total. The molecule has 0 aliphatic heterocycles. The van der Waals surface area contributed by atoms with Gasteiger partial charge in [-0.15, -0.1) is 21.5 Å². The number of nitrogen functional groups attached to an aromatic ring is 1. The van der Waals surface area contributed by atoms with Gasteiger partial charge in [-0.05, 0) is 30.8 Å². The molecule has 0 spiro atoms. The molecule has 2 aromatic heterocycles. The largest absolute Gasteiger partial charge is 0.336 e. The number of aryl methyl sites for hydroxylation is 1. The van der Waals surface area contributed by atoms with Crippen molar-refractivity contribution in [1.82, 2.24) is 19.9 Å². The fourth-order valence-electron chi connectivity index (χ4n) is 1.39. The van der Waals surface area contributed by atoms with Crippen LogP contribution in [0.4, 0.5) is 0 Å². The Bertz CT molecular complexity index is 639. The first kappa shape index (κ1) is 10.5. The van der Waals surface area contributed by atoms with E-state index in [2.05, 4.69) is 21.2 Å². The van der Waals surface area contributed by atoms with E-state index < -0.39 is 0 Å². The second-order valence-corrected chi connectivity index (χ2v) is 5.69. The molecular formula is C10H9N5S2. The summed E-state index contributed by atoms with van der Waals surface area (Å²) in [6.45, 7) is 1.81. The molecule has 86 valence electrons. The maximum Gasteiger partial charge on any atom is 0.216 e. The summed E-state index contributed by atoms with van der Waals surface area (Å²) in [7, 11) is 0. The van der Waals surface area contributed by atoms with E-state index in [1.807, 2.05) is 25.1 Å². The first-order valence-corrected chi connectivity index (χ1v) is 6.58. The van der Waals surface area contributed by atoms with E-state index in [0.717, 1.165) is 14.6 Å². The second-order valence-electron chi connectivity index (χ2n) is 3.45. The van der Waals surface area contributed by atoms with Gasteiger partial charge in [-0.1, -0.05) is 12.1 Å². The number of hydrogen-bond donors (Lipinski definition) is 1. The van der Waals surface area contributed by atoms with Crippen molar-refractivity contribution in [2.45, 2.75) is 16.4 Å². The first-order valence-electron chi connectivity index (χ1n) is 4.94. The van der Waals surface area contributed by atoms with Gasteiger partial charge in [0.2, 0.25) is 5.16 Å². The molecule has 0 aliphatic carbocycles. The summed E-state index contributed by atoms with van der Waals surface area (Å²) in [5.41, 5.74) is 1.000. The molecule has 0 radical (unpaired) electrons. The van der Waals surface area contributed by atoms with E-state index in [4.69, 9.17) is 5.84 Å². The van der Waals surface area contributed by atoms with Crippen LogP contribution in [-0.2, 0) is 0 Å². The minimum atomic E-state index is 0.654. The summed E-state index contributed by atoms with van der Waals surface area (Å²) in [4.78, 5) is 4.50. The third kappa shape index (κ3) is 1.87. The molecule has 5 nitrogen and oxygen atoms in total. The van der Waals surface area contributed by atoms with Gasteiger partial charge in [-0.25, -0.2) is 9.66 Å². The molecular weight excluding hydrogens is 254 g/mol. The van der Waals surface area contributed by atoms with Crippen LogP contribution in [0.25, 0.3) is 10.2 Å². The van der Waals surface area contributed by atoms with Gasteiger partial charge in [-0.3, -0.25) is 0 Å². The lowest BCUT2D eigenvalue weighted by Crippen LogP contribution is -2.11. The van der Waals surface area contributed by atoms with Crippen LogP contribution in [0.1, 0.15) is 5.82 Å². The summed E-state index contributed by atoms with van der Waals surface area (Å²) in [5.74, 6) is 6.48. The molecule has 0 aliphatic rings. The highest BCUT2D eigenvalue weighted by Gasteiger charge is 2.11. The highest BCUT2D eigenvalue weighted by Crippen LogP contribution is 2.32. The number of para-hydroxylation sites is 1. The Labute approximate surface area is 106 Å². The topological polar surface area (TPSA) is 69.6 Å². The van der Waals surface area contributed by atoms with Crippen LogP contribution in [-0.4, -0.2) is 19.9 Å². The van der Waals surface area contributed by atoms with Crippen LogP contribution in [0.15, 0.2) is 33.8 Å². The van der Waals surface area contributed by atoms with E-state index in [0.29, 0.717) is 11.0 Å². The fourth-order valence-corrected chi connectivity index (χ4v) is 3.36. The fraction of sp³-hybridized carbons (Fsp3) is 0.100. The Kier molecular flexibility index (Phi) is 2.49. The third-order valence-corrected chi connectivity index (χ3v) is 4.35. The maximum atomic E-state index is 5.79. The van der Waals surface area contributed by atoms with Crippen molar-refractivity contribution in [3.05, 3.63) is 30.1 Å². The number of nitrogens with zero attached hydrogens (tertiary/aromatic N) is 4. The van der Waals surface area contributed by atoms with Crippen molar-refractivity contribution in [3.8, 4) is 0 Å². The molecule has 17 heavy (non-hydrogen) atoms. The number of benzene rings is 1. The zero-order valence-electron chi connectivity index (χ0n) is 8.99. The summed E-state index contributed by atoms with van der Waals surface area (Å²) in [6.07, 6.45) is 0. The Morgan fingerprint density at radius 3 is 2.82 bits per heavy atom. The lowest BCUT2D eigenvalue weighted by atomic mass is 10.3. The van der Waals surface area contributed by atoms with Crippen molar-refractivity contribution < 1.29 is 0 Å². The molecule has 0 unspecified atom stereocenters. The summed E-state index contributed by atoms with van der Waals surface area (Å²) >= 11 is 3.06. The lowest BCUT2D eigenvalue weighted by molar-refractivity contribution is 0.825. The van der Waals surface area contributed by atoms with Gasteiger partial charge in [0, 0.05) is 0 Å². The highest BCUT2D eigenvalue weighted by molar-refractivity contribution is 8.01. The molecule has 0 bridgehead atoms. The number of thiazole rings is 1. The van der Waals surface area contributed by atoms with Crippen molar-refractivity contribution in [2.24, 2.45) is 0 Å². The van der Waals surface area contributed by atoms with Gasteiger partial charge in [0.05, 0.1) is 10.2 Å². The second kappa shape index (κ2) is 4.01. The standard InChI is InChI=1S/C10H9N5S2/c1-6-13-14-9(15(6)11)17-10-12-7-4-2-3-5-8(7)16-10/h2-5H,11H2,1H3. The van der Waals surface area contributed by atoms with Crippen LogP contribution >= 0.6 is 23.1 Å². The molecule has 3 aromatic rings. The van der Waals surface area contributed by atoms with Crippen molar-refractivity contribution in [2.75, 3.05) is 5.84 Å². The Hall–Kier alpha value is -1.60. The number of nitrogens with two attached hydrogens (primary N) is 1. The third-order valence-electron chi connectivity index (χ3n) is 2.29. The molecule has 0 amide bonds. The van der Waals surface area contributed by atoms with Crippen LogP contribution in [0.2, 0.25) is 0 Å². The van der Waals surface area contributed by atoms with Gasteiger partial charge in [-0.2, -0.15) is 0 Å². The van der Waals surface area contributed by atoms with Crippen LogP contribution in [0, 0.1) is 6.92 Å². The zero-order valence-corrected chi connectivity index (χ0v) is 10.6. The molecule has 1 aromatic carbocycles. The Morgan fingerprint density at radius 2 is 2.12 bits per heavy atom. The molecule has 0 saturated carbocycles.